The average molecular weight is 194 g/mol. The molecule has 0 bridgehead atoms. The van der Waals surface area contributed by atoms with Crippen molar-refractivity contribution < 1.29 is 24.1 Å². The van der Waals surface area contributed by atoms with Crippen LogP contribution in [0.15, 0.2) is 0 Å². The maximum Gasteiger partial charge on any atom is 0.194 e. The molecule has 1 saturated heterocycles. The molecular formula is C8H15FO4. The highest BCUT2D eigenvalue weighted by atomic mass is 19.1. The highest BCUT2D eigenvalue weighted by Crippen LogP contribution is 2.42. The molecule has 0 aromatic heterocycles. The van der Waals surface area contributed by atoms with E-state index in [1.807, 2.05) is 0 Å². The SMILES string of the molecule is COC1O[C@H](CO)[C@@](C)(O)[C@@]1(C)F. The number of alkyl halides is 1. The van der Waals surface area contributed by atoms with Crippen molar-refractivity contribution in [2.75, 3.05) is 13.7 Å². The Balaban J connectivity index is 2.93. The first-order valence-electron chi connectivity index (χ1n) is 4.08. The summed E-state index contributed by atoms with van der Waals surface area (Å²) in [4.78, 5) is 0. The summed E-state index contributed by atoms with van der Waals surface area (Å²) in [5, 5.41) is 18.6. The number of hydrogen-bond acceptors (Lipinski definition) is 4. The Kier molecular flexibility index (Phi) is 2.64. The highest BCUT2D eigenvalue weighted by molar-refractivity contribution is 5.07. The largest absolute Gasteiger partial charge is 0.394 e. The van der Waals surface area contributed by atoms with Crippen LogP contribution in [0.3, 0.4) is 0 Å². The molecule has 0 radical (unpaired) electrons. The lowest BCUT2D eigenvalue weighted by Gasteiger charge is -2.31. The van der Waals surface area contributed by atoms with E-state index in [1.165, 1.54) is 21.0 Å². The van der Waals surface area contributed by atoms with Crippen LogP contribution >= 0.6 is 0 Å². The molecule has 0 spiro atoms. The predicted molar refractivity (Wildman–Crippen MR) is 42.9 cm³/mol. The van der Waals surface area contributed by atoms with Crippen LogP contribution < -0.4 is 0 Å². The van der Waals surface area contributed by atoms with Crippen molar-refractivity contribution in [1.82, 2.24) is 0 Å². The second-order valence-corrected chi connectivity index (χ2v) is 3.60. The fourth-order valence-corrected chi connectivity index (χ4v) is 1.46. The van der Waals surface area contributed by atoms with E-state index in [9.17, 15) is 9.50 Å². The van der Waals surface area contributed by atoms with Gasteiger partial charge in [-0.2, -0.15) is 0 Å². The standard InChI is InChI=1S/C8H15FO4/c1-7(9)6(12-3)13-5(4-10)8(7,2)11/h5-6,10-11H,4H2,1-3H3/t5-,6?,7+,8-/m1/s1. The average Bonchev–Trinajstić information content (AvgIpc) is 2.20. The zero-order valence-corrected chi connectivity index (χ0v) is 7.95. The summed E-state index contributed by atoms with van der Waals surface area (Å²) in [6, 6.07) is 0. The van der Waals surface area contributed by atoms with Gasteiger partial charge in [0.1, 0.15) is 11.7 Å². The van der Waals surface area contributed by atoms with Gasteiger partial charge in [-0.3, -0.25) is 0 Å². The molecule has 1 heterocycles. The number of hydrogen-bond donors (Lipinski definition) is 2. The third-order valence-electron chi connectivity index (χ3n) is 2.73. The summed E-state index contributed by atoms with van der Waals surface area (Å²) in [6.45, 7) is 2.04. The van der Waals surface area contributed by atoms with Crippen LogP contribution in [0.5, 0.6) is 0 Å². The van der Waals surface area contributed by atoms with E-state index < -0.39 is 30.3 Å². The van der Waals surface area contributed by atoms with Gasteiger partial charge in [-0.1, -0.05) is 0 Å². The molecule has 2 N–H and O–H groups in total. The van der Waals surface area contributed by atoms with Crippen LogP contribution in [0, 0.1) is 0 Å². The quantitative estimate of drug-likeness (QED) is 0.640. The number of aliphatic hydroxyl groups is 2. The second kappa shape index (κ2) is 3.16. The number of ether oxygens (including phenoxy) is 2. The first-order valence-corrected chi connectivity index (χ1v) is 4.08. The second-order valence-electron chi connectivity index (χ2n) is 3.60. The summed E-state index contributed by atoms with van der Waals surface area (Å²) in [5.74, 6) is 0. The molecule has 0 aromatic rings. The molecule has 1 unspecified atom stereocenters. The Morgan fingerprint density at radius 3 is 2.31 bits per heavy atom. The number of rotatable bonds is 2. The summed E-state index contributed by atoms with van der Waals surface area (Å²) >= 11 is 0. The fraction of sp³-hybridized carbons (Fsp3) is 1.00. The first-order chi connectivity index (χ1) is 5.87. The minimum atomic E-state index is -2.02. The summed E-state index contributed by atoms with van der Waals surface area (Å²) in [7, 11) is 1.29. The van der Waals surface area contributed by atoms with Crippen LogP contribution in [0.4, 0.5) is 4.39 Å². The summed E-state index contributed by atoms with van der Waals surface area (Å²) in [5.41, 5.74) is -3.75. The number of halogens is 1. The topological polar surface area (TPSA) is 58.9 Å². The molecule has 1 rings (SSSR count). The smallest absolute Gasteiger partial charge is 0.194 e. The number of aliphatic hydroxyl groups excluding tert-OH is 1. The van der Waals surface area contributed by atoms with Crippen LogP contribution in [-0.4, -0.2) is 47.6 Å². The van der Waals surface area contributed by atoms with Crippen molar-refractivity contribution in [3.8, 4) is 0 Å². The molecule has 0 aromatic carbocycles. The first kappa shape index (κ1) is 10.8. The van der Waals surface area contributed by atoms with Crippen LogP contribution in [0.25, 0.3) is 0 Å². The lowest BCUT2D eigenvalue weighted by molar-refractivity contribution is -0.165. The predicted octanol–water partition coefficient (Wildman–Crippen LogP) is -0.171. The van der Waals surface area contributed by atoms with Gasteiger partial charge >= 0.3 is 0 Å². The van der Waals surface area contributed by atoms with Crippen LogP contribution in [-0.2, 0) is 9.47 Å². The molecular weight excluding hydrogens is 179 g/mol. The van der Waals surface area contributed by atoms with E-state index in [1.54, 1.807) is 0 Å². The van der Waals surface area contributed by atoms with E-state index in [4.69, 9.17) is 14.6 Å². The van der Waals surface area contributed by atoms with Gasteiger partial charge < -0.3 is 19.7 Å². The van der Waals surface area contributed by atoms with E-state index in [0.29, 0.717) is 0 Å². The Bertz CT molecular complexity index is 173. The van der Waals surface area contributed by atoms with Gasteiger partial charge in [0.2, 0.25) is 0 Å². The van der Waals surface area contributed by atoms with Gasteiger partial charge in [-0.15, -0.1) is 0 Å². The molecule has 4 atom stereocenters. The van der Waals surface area contributed by atoms with Crippen LogP contribution in [0.2, 0.25) is 0 Å². The fourth-order valence-electron chi connectivity index (χ4n) is 1.46. The maximum absolute atomic E-state index is 13.9. The van der Waals surface area contributed by atoms with Crippen molar-refractivity contribution in [3.05, 3.63) is 0 Å². The van der Waals surface area contributed by atoms with Crippen molar-refractivity contribution in [2.45, 2.75) is 37.5 Å². The molecule has 0 aliphatic carbocycles. The van der Waals surface area contributed by atoms with E-state index >= 15 is 0 Å². The van der Waals surface area contributed by atoms with Crippen molar-refractivity contribution in [1.29, 1.82) is 0 Å². The maximum atomic E-state index is 13.9. The summed E-state index contributed by atoms with van der Waals surface area (Å²) < 4.78 is 23.6. The molecule has 5 heteroatoms. The van der Waals surface area contributed by atoms with Crippen molar-refractivity contribution in [2.24, 2.45) is 0 Å². The molecule has 13 heavy (non-hydrogen) atoms. The third kappa shape index (κ3) is 1.36. The van der Waals surface area contributed by atoms with Gasteiger partial charge in [-0.25, -0.2) is 4.39 Å². The Labute approximate surface area is 76.3 Å². The van der Waals surface area contributed by atoms with Gasteiger partial charge in [0.05, 0.1) is 6.61 Å². The zero-order valence-electron chi connectivity index (χ0n) is 7.95. The minimum absolute atomic E-state index is 0.438. The van der Waals surface area contributed by atoms with Gasteiger partial charge in [0.15, 0.2) is 12.0 Å². The molecule has 1 aliphatic rings. The monoisotopic (exact) mass is 194 g/mol. The van der Waals surface area contributed by atoms with E-state index in [0.717, 1.165) is 0 Å². The lowest BCUT2D eigenvalue weighted by atomic mass is 9.85. The number of methoxy groups -OCH3 is 1. The summed E-state index contributed by atoms with van der Waals surface area (Å²) in [6.07, 6.45) is -2.09. The van der Waals surface area contributed by atoms with E-state index in [2.05, 4.69) is 0 Å². The normalized spacial score (nSPS) is 51.2. The minimum Gasteiger partial charge on any atom is -0.394 e. The van der Waals surface area contributed by atoms with Gasteiger partial charge in [-0.05, 0) is 13.8 Å². The van der Waals surface area contributed by atoms with Gasteiger partial charge in [0, 0.05) is 7.11 Å². The highest BCUT2D eigenvalue weighted by Gasteiger charge is 2.62. The Morgan fingerprint density at radius 1 is 1.54 bits per heavy atom. The molecule has 0 saturated carbocycles. The lowest BCUT2D eigenvalue weighted by Crippen LogP contribution is -2.53. The van der Waals surface area contributed by atoms with Crippen LogP contribution in [0.1, 0.15) is 13.8 Å². The molecule has 0 amide bonds. The van der Waals surface area contributed by atoms with Gasteiger partial charge in [0.25, 0.3) is 0 Å². The van der Waals surface area contributed by atoms with Crippen molar-refractivity contribution >= 4 is 0 Å². The Morgan fingerprint density at radius 2 is 2.08 bits per heavy atom. The Hall–Kier alpha value is -0.230. The zero-order chi connectivity index (χ0) is 10.3. The molecule has 78 valence electrons. The molecule has 1 aliphatic heterocycles. The van der Waals surface area contributed by atoms with Crippen molar-refractivity contribution in [3.63, 3.8) is 0 Å². The molecule has 4 nitrogen and oxygen atoms in total. The third-order valence-corrected chi connectivity index (χ3v) is 2.73. The van der Waals surface area contributed by atoms with E-state index in [-0.39, 0.29) is 0 Å². The molecule has 1 fully saturated rings.